The number of ether oxygens (including phenoxy) is 1. The number of benzene rings is 1. The Bertz CT molecular complexity index is 248. The summed E-state index contributed by atoms with van der Waals surface area (Å²) in [5, 5.41) is 0. The summed E-state index contributed by atoms with van der Waals surface area (Å²) >= 11 is 0. The molecule has 0 unspecified atom stereocenters. The van der Waals surface area contributed by atoms with Crippen molar-refractivity contribution in [3.63, 3.8) is 0 Å². The molecule has 1 aromatic carbocycles. The van der Waals surface area contributed by atoms with Gasteiger partial charge in [-0.2, -0.15) is 0 Å². The van der Waals surface area contributed by atoms with Crippen molar-refractivity contribution in [3.8, 4) is 5.75 Å². The van der Waals surface area contributed by atoms with Crippen molar-refractivity contribution in [2.24, 2.45) is 0 Å². The van der Waals surface area contributed by atoms with E-state index in [1.807, 2.05) is 0 Å². The number of hydrogen-bond donors (Lipinski definition) is 0. The molecule has 0 amide bonds. The molecule has 11 heavy (non-hydrogen) atoms. The van der Waals surface area contributed by atoms with Gasteiger partial charge in [0, 0.05) is 6.07 Å². The summed E-state index contributed by atoms with van der Waals surface area (Å²) in [6.45, 7) is 3.49. The van der Waals surface area contributed by atoms with Crippen molar-refractivity contribution >= 4 is 0 Å². The number of hydrogen-bond acceptors (Lipinski definition) is 1. The molecule has 0 atom stereocenters. The van der Waals surface area contributed by atoms with Gasteiger partial charge in [-0.05, 0) is 19.1 Å². The molecule has 0 aliphatic carbocycles. The minimum Gasteiger partial charge on any atom is -0.491 e. The third kappa shape index (κ3) is 1.90. The molecule has 0 fully saturated rings. The molecule has 0 heterocycles. The van der Waals surface area contributed by atoms with Crippen LogP contribution in [0.1, 0.15) is 0 Å². The molecular formula is C8H7F2O. The molecule has 0 bridgehead atoms. The molecular weight excluding hydrogens is 150 g/mol. The molecule has 0 aromatic heterocycles. The second kappa shape index (κ2) is 3.32. The van der Waals surface area contributed by atoms with Gasteiger partial charge in [-0.25, -0.2) is 8.78 Å². The number of halogens is 2. The van der Waals surface area contributed by atoms with Crippen LogP contribution in [0, 0.1) is 18.6 Å². The molecule has 1 nitrogen and oxygen atoms in total. The van der Waals surface area contributed by atoms with Crippen molar-refractivity contribution < 1.29 is 13.5 Å². The first-order chi connectivity index (χ1) is 5.24. The topological polar surface area (TPSA) is 9.23 Å². The summed E-state index contributed by atoms with van der Waals surface area (Å²) in [5.74, 6) is -1.28. The van der Waals surface area contributed by atoms with Crippen LogP contribution in [0.25, 0.3) is 0 Å². The Morgan fingerprint density at radius 1 is 1.36 bits per heavy atom. The minimum atomic E-state index is -0.700. The van der Waals surface area contributed by atoms with Crippen LogP contribution in [-0.2, 0) is 0 Å². The lowest BCUT2D eigenvalue weighted by molar-refractivity contribution is 0.338. The molecule has 0 N–H and O–H groups in total. The van der Waals surface area contributed by atoms with Gasteiger partial charge in [-0.3, -0.25) is 0 Å². The molecule has 0 aliphatic rings. The van der Waals surface area contributed by atoms with Gasteiger partial charge >= 0.3 is 0 Å². The van der Waals surface area contributed by atoms with Gasteiger partial charge in [0.2, 0.25) is 0 Å². The quantitative estimate of drug-likeness (QED) is 0.639. The average molecular weight is 157 g/mol. The van der Waals surface area contributed by atoms with Crippen LogP contribution < -0.4 is 4.74 Å². The normalized spacial score (nSPS) is 9.73. The molecule has 0 saturated carbocycles. The van der Waals surface area contributed by atoms with Crippen LogP contribution in [0.2, 0.25) is 0 Å². The molecule has 3 heteroatoms. The second-order valence-corrected chi connectivity index (χ2v) is 1.92. The monoisotopic (exact) mass is 157 g/mol. The van der Waals surface area contributed by atoms with Gasteiger partial charge in [-0.1, -0.05) is 0 Å². The van der Waals surface area contributed by atoms with E-state index in [0.29, 0.717) is 0 Å². The molecule has 0 aliphatic heterocycles. The molecule has 1 radical (unpaired) electrons. The van der Waals surface area contributed by atoms with E-state index in [4.69, 9.17) is 4.74 Å². The highest BCUT2D eigenvalue weighted by Crippen LogP contribution is 2.16. The van der Waals surface area contributed by atoms with Gasteiger partial charge in [0.15, 0.2) is 11.6 Å². The lowest BCUT2D eigenvalue weighted by Gasteiger charge is -2.02. The molecule has 0 saturated heterocycles. The zero-order valence-electron chi connectivity index (χ0n) is 5.81. The van der Waals surface area contributed by atoms with E-state index in [2.05, 4.69) is 6.92 Å². The Balaban J connectivity index is 2.90. The van der Waals surface area contributed by atoms with Crippen LogP contribution in [0.4, 0.5) is 8.78 Å². The van der Waals surface area contributed by atoms with Gasteiger partial charge in [0.1, 0.15) is 5.82 Å². The Morgan fingerprint density at radius 2 is 2.09 bits per heavy atom. The van der Waals surface area contributed by atoms with Crippen LogP contribution in [0.5, 0.6) is 5.75 Å². The summed E-state index contributed by atoms with van der Waals surface area (Å²) in [5.41, 5.74) is 0. The SMILES string of the molecule is [CH2]COc1ccc(F)cc1F. The van der Waals surface area contributed by atoms with Crippen molar-refractivity contribution in [2.75, 3.05) is 6.61 Å². The van der Waals surface area contributed by atoms with Crippen molar-refractivity contribution in [1.29, 1.82) is 0 Å². The van der Waals surface area contributed by atoms with Gasteiger partial charge in [0.25, 0.3) is 0 Å². The molecule has 1 rings (SSSR count). The zero-order chi connectivity index (χ0) is 8.27. The van der Waals surface area contributed by atoms with E-state index in [1.54, 1.807) is 0 Å². The summed E-state index contributed by atoms with van der Waals surface area (Å²) in [6, 6.07) is 3.13. The van der Waals surface area contributed by atoms with Crippen LogP contribution in [0.3, 0.4) is 0 Å². The predicted molar refractivity (Wildman–Crippen MR) is 37.2 cm³/mol. The van der Waals surface area contributed by atoms with E-state index in [9.17, 15) is 8.78 Å². The van der Waals surface area contributed by atoms with Crippen LogP contribution in [0.15, 0.2) is 18.2 Å². The maximum atomic E-state index is 12.6. The minimum absolute atomic E-state index is 0.0291. The highest BCUT2D eigenvalue weighted by molar-refractivity contribution is 5.24. The van der Waals surface area contributed by atoms with E-state index in [0.717, 1.165) is 12.1 Å². The lowest BCUT2D eigenvalue weighted by Crippen LogP contribution is -1.94. The van der Waals surface area contributed by atoms with Crippen LogP contribution in [-0.4, -0.2) is 6.61 Å². The van der Waals surface area contributed by atoms with Gasteiger partial charge < -0.3 is 4.74 Å². The fraction of sp³-hybridized carbons (Fsp3) is 0.125. The van der Waals surface area contributed by atoms with E-state index < -0.39 is 11.6 Å². The molecule has 0 spiro atoms. The zero-order valence-corrected chi connectivity index (χ0v) is 5.81. The maximum Gasteiger partial charge on any atom is 0.167 e. The largest absolute Gasteiger partial charge is 0.491 e. The predicted octanol–water partition coefficient (Wildman–Crippen LogP) is 2.18. The first kappa shape index (κ1) is 7.98. The van der Waals surface area contributed by atoms with Gasteiger partial charge in [-0.15, -0.1) is 0 Å². The van der Waals surface area contributed by atoms with Crippen molar-refractivity contribution in [2.45, 2.75) is 0 Å². The van der Waals surface area contributed by atoms with E-state index >= 15 is 0 Å². The first-order valence-corrected chi connectivity index (χ1v) is 3.11. The molecule has 1 aromatic rings. The second-order valence-electron chi connectivity index (χ2n) is 1.92. The summed E-state index contributed by atoms with van der Waals surface area (Å²) in [4.78, 5) is 0. The Kier molecular flexibility index (Phi) is 2.41. The Morgan fingerprint density at radius 3 is 2.64 bits per heavy atom. The van der Waals surface area contributed by atoms with E-state index in [1.165, 1.54) is 6.07 Å². The third-order valence-electron chi connectivity index (χ3n) is 1.15. The fourth-order valence-corrected chi connectivity index (χ4v) is 0.702. The standard InChI is InChI=1S/C8H7F2O/c1-2-11-8-4-3-6(9)5-7(8)10/h3-5H,1-2H2. The van der Waals surface area contributed by atoms with Crippen molar-refractivity contribution in [3.05, 3.63) is 36.8 Å². The fourth-order valence-electron chi connectivity index (χ4n) is 0.702. The third-order valence-corrected chi connectivity index (χ3v) is 1.15. The lowest BCUT2D eigenvalue weighted by atomic mass is 10.3. The maximum absolute atomic E-state index is 12.6. The van der Waals surface area contributed by atoms with E-state index in [-0.39, 0.29) is 12.4 Å². The summed E-state index contributed by atoms with van der Waals surface area (Å²) < 4.78 is 29.7. The van der Waals surface area contributed by atoms with Crippen molar-refractivity contribution in [1.82, 2.24) is 0 Å². The van der Waals surface area contributed by atoms with Gasteiger partial charge in [0.05, 0.1) is 6.61 Å². The average Bonchev–Trinajstić information content (AvgIpc) is 1.95. The van der Waals surface area contributed by atoms with Crippen LogP contribution >= 0.6 is 0 Å². The summed E-state index contributed by atoms with van der Waals surface area (Å²) in [7, 11) is 0. The summed E-state index contributed by atoms with van der Waals surface area (Å²) in [6.07, 6.45) is 0. The Labute approximate surface area is 63.6 Å². The first-order valence-electron chi connectivity index (χ1n) is 3.11. The Hall–Kier alpha value is -1.12. The number of rotatable bonds is 2. The highest BCUT2D eigenvalue weighted by Gasteiger charge is 2.02. The highest BCUT2D eigenvalue weighted by atomic mass is 19.1. The smallest absolute Gasteiger partial charge is 0.167 e. The molecule has 59 valence electrons.